The van der Waals surface area contributed by atoms with E-state index in [0.29, 0.717) is 6.54 Å². The summed E-state index contributed by atoms with van der Waals surface area (Å²) < 4.78 is 5.17. The van der Waals surface area contributed by atoms with Crippen molar-refractivity contribution in [3.8, 4) is 0 Å². The number of benzene rings is 1. The first-order chi connectivity index (χ1) is 10.3. The average Bonchev–Trinajstić information content (AvgIpc) is 2.40. The van der Waals surface area contributed by atoms with Crippen LogP contribution in [-0.2, 0) is 4.74 Å². The van der Waals surface area contributed by atoms with Gasteiger partial charge in [-0.3, -0.25) is 0 Å². The smallest absolute Gasteiger partial charge is 0.407 e. The van der Waals surface area contributed by atoms with Gasteiger partial charge >= 0.3 is 6.09 Å². The predicted molar refractivity (Wildman–Crippen MR) is 92.2 cm³/mol. The maximum atomic E-state index is 11.4. The van der Waals surface area contributed by atoms with E-state index in [9.17, 15) is 4.79 Å². The normalized spacial score (nSPS) is 11.1. The molecule has 1 rings (SSSR count). The number of nitrogens with two attached hydrogens (primary N) is 1. The molecule has 0 saturated carbocycles. The van der Waals surface area contributed by atoms with Crippen molar-refractivity contribution in [3.05, 3.63) is 23.8 Å². The predicted octanol–water partition coefficient (Wildman–Crippen LogP) is 3.68. The molecule has 1 aromatic rings. The molecule has 0 aromatic heterocycles. The van der Waals surface area contributed by atoms with Gasteiger partial charge in [0.05, 0.1) is 11.4 Å². The lowest BCUT2D eigenvalue weighted by Gasteiger charge is -2.19. The Kier molecular flexibility index (Phi) is 7.02. The Labute approximate surface area is 133 Å². The maximum Gasteiger partial charge on any atom is 0.407 e. The van der Waals surface area contributed by atoms with E-state index in [1.165, 1.54) is 0 Å². The van der Waals surface area contributed by atoms with Gasteiger partial charge in [-0.05, 0) is 58.6 Å². The minimum Gasteiger partial charge on any atom is -0.444 e. The second kappa shape index (κ2) is 8.51. The van der Waals surface area contributed by atoms with E-state index in [0.717, 1.165) is 42.7 Å². The molecule has 0 aliphatic rings. The second-order valence-corrected chi connectivity index (χ2v) is 6.45. The molecular weight excluding hydrogens is 278 g/mol. The third kappa shape index (κ3) is 7.20. The molecule has 5 heteroatoms. The number of rotatable bonds is 7. The van der Waals surface area contributed by atoms with Crippen LogP contribution in [0.1, 0.15) is 45.6 Å². The molecule has 4 N–H and O–H groups in total. The van der Waals surface area contributed by atoms with Crippen LogP contribution in [0.3, 0.4) is 0 Å². The number of unbranched alkanes of at least 4 members (excludes halogenated alkanes) is 2. The van der Waals surface area contributed by atoms with Gasteiger partial charge in [-0.15, -0.1) is 0 Å². The fraction of sp³-hybridized carbons (Fsp3) is 0.588. The Hall–Kier alpha value is -1.91. The number of carbonyl (C=O) groups excluding carboxylic acids is 1. The minimum absolute atomic E-state index is 0.349. The van der Waals surface area contributed by atoms with E-state index >= 15 is 0 Å². The van der Waals surface area contributed by atoms with E-state index in [2.05, 4.69) is 10.6 Å². The lowest BCUT2D eigenvalue weighted by Crippen LogP contribution is -2.33. The first-order valence-corrected chi connectivity index (χ1v) is 7.85. The molecule has 0 atom stereocenters. The largest absolute Gasteiger partial charge is 0.444 e. The van der Waals surface area contributed by atoms with Crippen LogP contribution in [0.15, 0.2) is 18.2 Å². The van der Waals surface area contributed by atoms with Gasteiger partial charge < -0.3 is 21.1 Å². The highest BCUT2D eigenvalue weighted by atomic mass is 16.6. The number of anilines is 2. The van der Waals surface area contributed by atoms with Gasteiger partial charge in [-0.25, -0.2) is 4.79 Å². The van der Waals surface area contributed by atoms with Crippen LogP contribution in [0.25, 0.3) is 0 Å². The quantitative estimate of drug-likeness (QED) is 0.530. The highest BCUT2D eigenvalue weighted by molar-refractivity contribution is 5.69. The molecule has 0 aliphatic heterocycles. The van der Waals surface area contributed by atoms with Gasteiger partial charge in [-0.1, -0.05) is 12.1 Å². The molecule has 0 heterocycles. The first kappa shape index (κ1) is 18.1. The number of hydrogen-bond donors (Lipinski definition) is 3. The van der Waals surface area contributed by atoms with E-state index in [4.69, 9.17) is 10.5 Å². The molecule has 0 unspecified atom stereocenters. The maximum absolute atomic E-state index is 11.4. The summed E-state index contributed by atoms with van der Waals surface area (Å²) >= 11 is 0. The summed E-state index contributed by atoms with van der Waals surface area (Å²) in [5.41, 5.74) is 8.46. The highest BCUT2D eigenvalue weighted by Gasteiger charge is 2.15. The van der Waals surface area contributed by atoms with Gasteiger partial charge in [0.15, 0.2) is 0 Å². The van der Waals surface area contributed by atoms with E-state index < -0.39 is 5.60 Å². The summed E-state index contributed by atoms with van der Waals surface area (Å²) in [7, 11) is 0. The fourth-order valence-electron chi connectivity index (χ4n) is 1.99. The molecule has 1 amide bonds. The number of para-hydroxylation sites is 1. The first-order valence-electron chi connectivity index (χ1n) is 7.85. The Morgan fingerprint density at radius 3 is 2.55 bits per heavy atom. The van der Waals surface area contributed by atoms with Crippen molar-refractivity contribution in [2.45, 2.75) is 52.6 Å². The van der Waals surface area contributed by atoms with Gasteiger partial charge in [-0.2, -0.15) is 0 Å². The van der Waals surface area contributed by atoms with Crippen LogP contribution < -0.4 is 16.4 Å². The van der Waals surface area contributed by atoms with Crippen LogP contribution in [0, 0.1) is 6.92 Å². The zero-order valence-corrected chi connectivity index (χ0v) is 14.2. The molecule has 124 valence electrons. The van der Waals surface area contributed by atoms with Crippen molar-refractivity contribution < 1.29 is 9.53 Å². The third-order valence-corrected chi connectivity index (χ3v) is 3.16. The Balaban J connectivity index is 2.09. The van der Waals surface area contributed by atoms with Gasteiger partial charge in [0, 0.05) is 13.1 Å². The fourth-order valence-corrected chi connectivity index (χ4v) is 1.99. The molecule has 22 heavy (non-hydrogen) atoms. The number of alkyl carbamates (subject to hydrolysis) is 1. The zero-order valence-electron chi connectivity index (χ0n) is 14.2. The number of nitrogens with one attached hydrogen (secondary N) is 2. The average molecular weight is 307 g/mol. The highest BCUT2D eigenvalue weighted by Crippen LogP contribution is 2.21. The molecule has 5 nitrogen and oxygen atoms in total. The van der Waals surface area contributed by atoms with Crippen molar-refractivity contribution in [2.24, 2.45) is 0 Å². The van der Waals surface area contributed by atoms with Crippen molar-refractivity contribution in [1.82, 2.24) is 5.32 Å². The van der Waals surface area contributed by atoms with Gasteiger partial charge in [0.25, 0.3) is 0 Å². The summed E-state index contributed by atoms with van der Waals surface area (Å²) in [6.07, 6.45) is 2.65. The molecule has 0 radical (unpaired) electrons. The number of amides is 1. The minimum atomic E-state index is -0.443. The summed E-state index contributed by atoms with van der Waals surface area (Å²) in [5, 5.41) is 6.11. The van der Waals surface area contributed by atoms with E-state index in [1.807, 2.05) is 45.9 Å². The number of aryl methyl sites for hydroxylation is 1. The molecule has 0 spiro atoms. The SMILES string of the molecule is Cc1cccc(NCCCCCNC(=O)OC(C)(C)C)c1N. The van der Waals surface area contributed by atoms with Crippen LogP contribution in [0.2, 0.25) is 0 Å². The molecule has 0 aliphatic carbocycles. The van der Waals surface area contributed by atoms with Crippen molar-refractivity contribution >= 4 is 17.5 Å². The summed E-state index contributed by atoms with van der Waals surface area (Å²) in [6, 6.07) is 5.99. The van der Waals surface area contributed by atoms with E-state index in [-0.39, 0.29) is 6.09 Å². The third-order valence-electron chi connectivity index (χ3n) is 3.16. The standard InChI is InChI=1S/C17H29N3O2/c1-13-9-8-10-14(15(13)18)19-11-6-5-7-12-20-16(21)22-17(2,3)4/h8-10,19H,5-7,11-12,18H2,1-4H3,(H,20,21). The molecule has 0 bridgehead atoms. The van der Waals surface area contributed by atoms with E-state index in [1.54, 1.807) is 0 Å². The van der Waals surface area contributed by atoms with Crippen molar-refractivity contribution in [2.75, 3.05) is 24.1 Å². The summed E-state index contributed by atoms with van der Waals surface area (Å²) in [5.74, 6) is 0. The van der Waals surface area contributed by atoms with Crippen LogP contribution in [0.4, 0.5) is 16.2 Å². The Bertz CT molecular complexity index is 481. The van der Waals surface area contributed by atoms with Crippen LogP contribution in [0.5, 0.6) is 0 Å². The number of ether oxygens (including phenoxy) is 1. The van der Waals surface area contributed by atoms with Gasteiger partial charge in [0.2, 0.25) is 0 Å². The lowest BCUT2D eigenvalue weighted by molar-refractivity contribution is 0.0527. The summed E-state index contributed by atoms with van der Waals surface area (Å²) in [4.78, 5) is 11.4. The molecule has 0 fully saturated rings. The topological polar surface area (TPSA) is 76.4 Å². The molecule has 1 aromatic carbocycles. The number of carbonyl (C=O) groups is 1. The van der Waals surface area contributed by atoms with Gasteiger partial charge in [0.1, 0.15) is 5.60 Å². The monoisotopic (exact) mass is 307 g/mol. The number of nitrogen functional groups attached to an aromatic ring is 1. The zero-order chi connectivity index (χ0) is 16.6. The second-order valence-electron chi connectivity index (χ2n) is 6.45. The Morgan fingerprint density at radius 2 is 1.86 bits per heavy atom. The van der Waals surface area contributed by atoms with Crippen LogP contribution in [-0.4, -0.2) is 24.8 Å². The number of hydrogen-bond acceptors (Lipinski definition) is 4. The molecular formula is C17H29N3O2. The molecule has 0 saturated heterocycles. The Morgan fingerprint density at radius 1 is 1.18 bits per heavy atom. The summed E-state index contributed by atoms with van der Waals surface area (Å²) in [6.45, 7) is 9.09. The van der Waals surface area contributed by atoms with Crippen molar-refractivity contribution in [1.29, 1.82) is 0 Å². The van der Waals surface area contributed by atoms with Crippen LogP contribution >= 0.6 is 0 Å². The lowest BCUT2D eigenvalue weighted by atomic mass is 10.1. The van der Waals surface area contributed by atoms with Crippen molar-refractivity contribution in [3.63, 3.8) is 0 Å².